The molecular formula is C16H22N2O2S. The molecule has 0 aromatic carbocycles. The Balaban J connectivity index is 1.99. The minimum atomic E-state index is -0.0999. The van der Waals surface area contributed by atoms with Gasteiger partial charge in [0.25, 0.3) is 5.91 Å². The number of nitrogens with zero attached hydrogens (tertiary/aromatic N) is 1. The summed E-state index contributed by atoms with van der Waals surface area (Å²) in [4.78, 5) is 27.5. The normalized spacial score (nSPS) is 21.2. The molecule has 0 saturated carbocycles. The average molecular weight is 306 g/mol. The molecule has 1 aliphatic carbocycles. The molecule has 4 nitrogen and oxygen atoms in total. The molecule has 5 heteroatoms. The zero-order chi connectivity index (χ0) is 15.0. The summed E-state index contributed by atoms with van der Waals surface area (Å²) < 4.78 is 0. The van der Waals surface area contributed by atoms with Gasteiger partial charge in [-0.15, -0.1) is 11.3 Å². The van der Waals surface area contributed by atoms with Gasteiger partial charge in [-0.05, 0) is 43.6 Å². The number of hydrogen-bond donors (Lipinski definition) is 1. The fraction of sp³-hybridized carbons (Fsp3) is 0.625. The first kappa shape index (κ1) is 14.6. The van der Waals surface area contributed by atoms with Crippen LogP contribution in [-0.4, -0.2) is 29.8 Å². The maximum atomic E-state index is 12.8. The predicted octanol–water partition coefficient (Wildman–Crippen LogP) is 3.07. The number of rotatable bonds is 2. The number of likely N-dealkylation sites (tertiary alicyclic amines) is 1. The number of amides is 2. The number of thiophene rings is 1. The van der Waals surface area contributed by atoms with Gasteiger partial charge in [0.2, 0.25) is 5.91 Å². The number of carbonyl (C=O) groups is 2. The third kappa shape index (κ3) is 2.84. The van der Waals surface area contributed by atoms with Gasteiger partial charge in [-0.2, -0.15) is 0 Å². The highest BCUT2D eigenvalue weighted by molar-refractivity contribution is 7.17. The lowest BCUT2D eigenvalue weighted by molar-refractivity contribution is -0.114. The van der Waals surface area contributed by atoms with Gasteiger partial charge in [0.15, 0.2) is 0 Å². The second kappa shape index (κ2) is 5.79. The van der Waals surface area contributed by atoms with Crippen LogP contribution in [-0.2, 0) is 17.6 Å². The molecule has 1 unspecified atom stereocenters. The molecule has 1 aromatic rings. The zero-order valence-corrected chi connectivity index (χ0v) is 13.5. The summed E-state index contributed by atoms with van der Waals surface area (Å²) in [5.74, 6) is 0.677. The van der Waals surface area contributed by atoms with E-state index in [4.69, 9.17) is 0 Å². The topological polar surface area (TPSA) is 49.4 Å². The van der Waals surface area contributed by atoms with Gasteiger partial charge in [-0.1, -0.05) is 6.92 Å². The Labute approximate surface area is 129 Å². The van der Waals surface area contributed by atoms with Gasteiger partial charge in [0.05, 0.1) is 5.56 Å². The number of hydrogen-bond acceptors (Lipinski definition) is 3. The molecule has 2 heterocycles. The minimum Gasteiger partial charge on any atom is -0.339 e. The molecule has 2 aliphatic rings. The minimum absolute atomic E-state index is 0.0999. The van der Waals surface area contributed by atoms with E-state index in [0.29, 0.717) is 5.92 Å². The van der Waals surface area contributed by atoms with Crippen LogP contribution >= 0.6 is 11.3 Å². The molecular weight excluding hydrogens is 284 g/mol. The van der Waals surface area contributed by atoms with Crippen molar-refractivity contribution in [1.82, 2.24) is 4.90 Å². The van der Waals surface area contributed by atoms with Crippen molar-refractivity contribution in [3.63, 3.8) is 0 Å². The van der Waals surface area contributed by atoms with Crippen molar-refractivity contribution < 1.29 is 9.59 Å². The van der Waals surface area contributed by atoms with Crippen molar-refractivity contribution in [2.24, 2.45) is 5.92 Å². The maximum absolute atomic E-state index is 12.8. The molecule has 21 heavy (non-hydrogen) atoms. The van der Waals surface area contributed by atoms with E-state index in [0.717, 1.165) is 55.8 Å². The smallest absolute Gasteiger partial charge is 0.257 e. The SMILES string of the molecule is CC(=O)Nc1sc2c(c1C(=O)N1CCCC1)CCC(C)C2. The molecule has 114 valence electrons. The second-order valence-electron chi connectivity index (χ2n) is 6.24. The lowest BCUT2D eigenvalue weighted by atomic mass is 9.88. The molecule has 1 atom stereocenters. The van der Waals surface area contributed by atoms with Crippen LogP contribution in [0.4, 0.5) is 5.00 Å². The van der Waals surface area contributed by atoms with E-state index in [9.17, 15) is 9.59 Å². The highest BCUT2D eigenvalue weighted by atomic mass is 32.1. The van der Waals surface area contributed by atoms with Gasteiger partial charge in [-0.25, -0.2) is 0 Å². The van der Waals surface area contributed by atoms with Crippen molar-refractivity contribution in [2.75, 3.05) is 18.4 Å². The Kier molecular flexibility index (Phi) is 4.02. The van der Waals surface area contributed by atoms with Crippen LogP contribution in [0.25, 0.3) is 0 Å². The first-order valence-corrected chi connectivity index (χ1v) is 8.59. The van der Waals surface area contributed by atoms with Crippen LogP contribution in [0, 0.1) is 5.92 Å². The van der Waals surface area contributed by atoms with Crippen molar-refractivity contribution in [1.29, 1.82) is 0 Å². The summed E-state index contributed by atoms with van der Waals surface area (Å²) >= 11 is 1.60. The van der Waals surface area contributed by atoms with E-state index < -0.39 is 0 Å². The third-order valence-electron chi connectivity index (χ3n) is 4.41. The van der Waals surface area contributed by atoms with Gasteiger partial charge in [0.1, 0.15) is 5.00 Å². The fourth-order valence-corrected chi connectivity index (χ4v) is 4.75. The second-order valence-corrected chi connectivity index (χ2v) is 7.34. The van der Waals surface area contributed by atoms with E-state index in [-0.39, 0.29) is 11.8 Å². The van der Waals surface area contributed by atoms with Crippen molar-refractivity contribution in [3.05, 3.63) is 16.0 Å². The van der Waals surface area contributed by atoms with Gasteiger partial charge < -0.3 is 10.2 Å². The van der Waals surface area contributed by atoms with Crippen molar-refractivity contribution in [3.8, 4) is 0 Å². The van der Waals surface area contributed by atoms with Crippen LogP contribution in [0.3, 0.4) is 0 Å². The molecule has 1 N–H and O–H groups in total. The summed E-state index contributed by atoms with van der Waals surface area (Å²) in [6.45, 7) is 5.45. The number of nitrogens with one attached hydrogen (secondary N) is 1. The lowest BCUT2D eigenvalue weighted by Crippen LogP contribution is -2.29. The summed E-state index contributed by atoms with van der Waals surface area (Å²) in [5, 5.41) is 3.64. The molecule has 1 aliphatic heterocycles. The Morgan fingerprint density at radius 1 is 1.29 bits per heavy atom. The highest BCUT2D eigenvalue weighted by Crippen LogP contribution is 2.40. The van der Waals surface area contributed by atoms with Crippen LogP contribution in [0.5, 0.6) is 0 Å². The summed E-state index contributed by atoms with van der Waals surface area (Å²) in [7, 11) is 0. The van der Waals surface area contributed by atoms with Crippen LogP contribution in [0.2, 0.25) is 0 Å². The Morgan fingerprint density at radius 2 is 2.00 bits per heavy atom. The Bertz CT molecular complexity index is 573. The van der Waals surface area contributed by atoms with Gasteiger partial charge in [0, 0.05) is 24.9 Å². The van der Waals surface area contributed by atoms with Gasteiger partial charge >= 0.3 is 0 Å². The van der Waals surface area contributed by atoms with E-state index >= 15 is 0 Å². The molecule has 0 radical (unpaired) electrons. The molecule has 3 rings (SSSR count). The van der Waals surface area contributed by atoms with E-state index in [1.54, 1.807) is 11.3 Å². The van der Waals surface area contributed by atoms with Crippen molar-refractivity contribution in [2.45, 2.75) is 46.0 Å². The molecule has 2 amide bonds. The standard InChI is InChI=1S/C16H22N2O2S/c1-10-5-6-12-13(9-10)21-15(17-11(2)19)14(12)16(20)18-7-3-4-8-18/h10H,3-9H2,1-2H3,(H,17,19). The zero-order valence-electron chi connectivity index (χ0n) is 12.7. The number of fused-ring (bicyclic) bond motifs is 1. The molecule has 1 fully saturated rings. The molecule has 0 bridgehead atoms. The van der Waals surface area contributed by atoms with Crippen LogP contribution in [0.1, 0.15) is 53.9 Å². The molecule has 1 aromatic heterocycles. The van der Waals surface area contributed by atoms with E-state index in [2.05, 4.69) is 12.2 Å². The van der Waals surface area contributed by atoms with Crippen molar-refractivity contribution >= 4 is 28.2 Å². The predicted molar refractivity (Wildman–Crippen MR) is 84.9 cm³/mol. The highest BCUT2D eigenvalue weighted by Gasteiger charge is 2.31. The quantitative estimate of drug-likeness (QED) is 0.913. The third-order valence-corrected chi connectivity index (χ3v) is 5.58. The average Bonchev–Trinajstić information content (AvgIpc) is 3.03. The summed E-state index contributed by atoms with van der Waals surface area (Å²) in [6, 6.07) is 0. The largest absolute Gasteiger partial charge is 0.339 e. The number of carbonyl (C=O) groups excluding carboxylic acids is 2. The number of anilines is 1. The van der Waals surface area contributed by atoms with E-state index in [1.807, 2.05) is 4.90 Å². The maximum Gasteiger partial charge on any atom is 0.257 e. The first-order chi connectivity index (χ1) is 10.1. The summed E-state index contributed by atoms with van der Waals surface area (Å²) in [5.41, 5.74) is 1.97. The Morgan fingerprint density at radius 3 is 2.67 bits per heavy atom. The monoisotopic (exact) mass is 306 g/mol. The van der Waals surface area contributed by atoms with Crippen LogP contribution < -0.4 is 5.32 Å². The van der Waals surface area contributed by atoms with Gasteiger partial charge in [-0.3, -0.25) is 9.59 Å². The fourth-order valence-electron chi connectivity index (χ4n) is 3.30. The first-order valence-electron chi connectivity index (χ1n) is 7.77. The lowest BCUT2D eigenvalue weighted by Gasteiger charge is -2.21. The molecule has 1 saturated heterocycles. The van der Waals surface area contributed by atoms with Crippen LogP contribution in [0.15, 0.2) is 0 Å². The summed E-state index contributed by atoms with van der Waals surface area (Å²) in [6.07, 6.45) is 5.29. The Hall–Kier alpha value is -1.36. The van der Waals surface area contributed by atoms with E-state index in [1.165, 1.54) is 17.4 Å². The molecule has 0 spiro atoms.